The summed E-state index contributed by atoms with van der Waals surface area (Å²) in [6, 6.07) is 6.36. The van der Waals surface area contributed by atoms with Crippen molar-refractivity contribution in [2.45, 2.75) is 77.7 Å². The molecule has 0 saturated carbocycles. The maximum Gasteiger partial charge on any atom is 0.123 e. The van der Waals surface area contributed by atoms with Crippen LogP contribution >= 0.6 is 0 Å². The molecular weight excluding hydrogens is 258 g/mol. The van der Waals surface area contributed by atoms with Gasteiger partial charge in [-0.1, -0.05) is 76.0 Å². The first-order chi connectivity index (χ1) is 10.2. The van der Waals surface area contributed by atoms with Crippen LogP contribution in [0.2, 0.25) is 0 Å². The van der Waals surface area contributed by atoms with Crippen LogP contribution in [0.25, 0.3) is 0 Å². The predicted octanol–water partition coefficient (Wildman–Crippen LogP) is 5.53. The molecule has 0 aliphatic rings. The van der Waals surface area contributed by atoms with Gasteiger partial charge < -0.3 is 10.5 Å². The van der Waals surface area contributed by atoms with Gasteiger partial charge in [-0.2, -0.15) is 0 Å². The SMILES string of the molecule is CCCCCCCCCCC(N)c1cc(C)ccc1OC. The van der Waals surface area contributed by atoms with Gasteiger partial charge in [-0.05, 0) is 19.4 Å². The van der Waals surface area contributed by atoms with Gasteiger partial charge in [0, 0.05) is 11.6 Å². The van der Waals surface area contributed by atoms with E-state index in [9.17, 15) is 0 Å². The average Bonchev–Trinajstić information content (AvgIpc) is 2.49. The van der Waals surface area contributed by atoms with Gasteiger partial charge in [0.15, 0.2) is 0 Å². The number of benzene rings is 1. The first-order valence-corrected chi connectivity index (χ1v) is 8.59. The number of methoxy groups -OCH3 is 1. The fourth-order valence-corrected chi connectivity index (χ4v) is 2.80. The van der Waals surface area contributed by atoms with Gasteiger partial charge in [-0.15, -0.1) is 0 Å². The van der Waals surface area contributed by atoms with Crippen molar-refractivity contribution in [3.8, 4) is 5.75 Å². The van der Waals surface area contributed by atoms with Gasteiger partial charge in [0.2, 0.25) is 0 Å². The zero-order chi connectivity index (χ0) is 15.5. The summed E-state index contributed by atoms with van der Waals surface area (Å²) in [5.41, 5.74) is 8.74. The molecule has 1 aromatic carbocycles. The van der Waals surface area contributed by atoms with Crippen molar-refractivity contribution >= 4 is 0 Å². The van der Waals surface area contributed by atoms with E-state index in [0.717, 1.165) is 17.7 Å². The van der Waals surface area contributed by atoms with Gasteiger partial charge >= 0.3 is 0 Å². The molecule has 1 atom stereocenters. The van der Waals surface area contributed by atoms with Gasteiger partial charge in [0.05, 0.1) is 7.11 Å². The van der Waals surface area contributed by atoms with Gasteiger partial charge in [0.25, 0.3) is 0 Å². The summed E-state index contributed by atoms with van der Waals surface area (Å²) in [5, 5.41) is 0. The number of rotatable bonds is 11. The molecule has 1 aromatic rings. The minimum absolute atomic E-state index is 0.0972. The summed E-state index contributed by atoms with van der Waals surface area (Å²) in [6.45, 7) is 4.37. The molecule has 0 spiro atoms. The van der Waals surface area contributed by atoms with E-state index in [2.05, 4.69) is 26.0 Å². The summed E-state index contributed by atoms with van der Waals surface area (Å²) < 4.78 is 5.42. The third kappa shape index (κ3) is 6.99. The minimum Gasteiger partial charge on any atom is -0.496 e. The summed E-state index contributed by atoms with van der Waals surface area (Å²) >= 11 is 0. The van der Waals surface area contributed by atoms with E-state index in [-0.39, 0.29) is 6.04 Å². The smallest absolute Gasteiger partial charge is 0.123 e. The molecule has 0 radical (unpaired) electrons. The normalized spacial score (nSPS) is 12.4. The number of hydrogen-bond acceptors (Lipinski definition) is 2. The van der Waals surface area contributed by atoms with E-state index >= 15 is 0 Å². The Morgan fingerprint density at radius 3 is 2.24 bits per heavy atom. The molecule has 2 heteroatoms. The van der Waals surface area contributed by atoms with Crippen LogP contribution in [0.1, 0.15) is 81.9 Å². The van der Waals surface area contributed by atoms with Crippen molar-refractivity contribution in [2.24, 2.45) is 5.73 Å². The van der Waals surface area contributed by atoms with Crippen LogP contribution in [0.15, 0.2) is 18.2 Å². The molecular formula is C19H33NO. The molecule has 0 amide bonds. The Labute approximate surface area is 131 Å². The molecule has 1 rings (SSSR count). The summed E-state index contributed by atoms with van der Waals surface area (Å²) in [6.07, 6.45) is 11.8. The molecule has 21 heavy (non-hydrogen) atoms. The molecule has 0 bridgehead atoms. The zero-order valence-corrected chi connectivity index (χ0v) is 14.2. The summed E-state index contributed by atoms with van der Waals surface area (Å²) in [7, 11) is 1.72. The second-order valence-corrected chi connectivity index (χ2v) is 6.12. The van der Waals surface area contributed by atoms with Crippen LogP contribution in [-0.2, 0) is 0 Å². The largest absolute Gasteiger partial charge is 0.496 e. The van der Waals surface area contributed by atoms with Crippen LogP contribution in [0.5, 0.6) is 5.75 Å². The number of aryl methyl sites for hydroxylation is 1. The van der Waals surface area contributed by atoms with Crippen molar-refractivity contribution in [2.75, 3.05) is 7.11 Å². The Bertz CT molecular complexity index is 389. The maximum absolute atomic E-state index is 6.34. The molecule has 0 saturated heterocycles. The van der Waals surface area contributed by atoms with Crippen LogP contribution in [0.3, 0.4) is 0 Å². The second-order valence-electron chi connectivity index (χ2n) is 6.12. The summed E-state index contributed by atoms with van der Waals surface area (Å²) in [4.78, 5) is 0. The highest BCUT2D eigenvalue weighted by atomic mass is 16.5. The molecule has 1 unspecified atom stereocenters. The molecule has 2 N–H and O–H groups in total. The quantitative estimate of drug-likeness (QED) is 0.544. The molecule has 0 aliphatic carbocycles. The fourth-order valence-electron chi connectivity index (χ4n) is 2.80. The lowest BCUT2D eigenvalue weighted by Gasteiger charge is -2.16. The number of ether oxygens (including phenoxy) is 1. The highest BCUT2D eigenvalue weighted by Gasteiger charge is 2.11. The lowest BCUT2D eigenvalue weighted by Crippen LogP contribution is -2.11. The van der Waals surface area contributed by atoms with Crippen molar-refractivity contribution in [3.05, 3.63) is 29.3 Å². The lowest BCUT2D eigenvalue weighted by molar-refractivity contribution is 0.402. The Balaban J connectivity index is 2.24. The Kier molecular flexibility index (Phi) is 9.16. The van der Waals surface area contributed by atoms with Crippen molar-refractivity contribution in [1.82, 2.24) is 0 Å². The molecule has 0 heterocycles. The van der Waals surface area contributed by atoms with E-state index in [4.69, 9.17) is 10.5 Å². The van der Waals surface area contributed by atoms with Crippen LogP contribution in [0, 0.1) is 6.92 Å². The number of unbranched alkanes of at least 4 members (excludes halogenated alkanes) is 7. The van der Waals surface area contributed by atoms with E-state index in [1.165, 1.54) is 56.9 Å². The minimum atomic E-state index is 0.0972. The third-order valence-electron chi connectivity index (χ3n) is 4.15. The zero-order valence-electron chi connectivity index (χ0n) is 14.2. The van der Waals surface area contributed by atoms with Crippen molar-refractivity contribution in [3.63, 3.8) is 0 Å². The highest BCUT2D eigenvalue weighted by Crippen LogP contribution is 2.28. The van der Waals surface area contributed by atoms with Crippen molar-refractivity contribution in [1.29, 1.82) is 0 Å². The van der Waals surface area contributed by atoms with E-state index in [0.29, 0.717) is 0 Å². The van der Waals surface area contributed by atoms with E-state index < -0.39 is 0 Å². The van der Waals surface area contributed by atoms with Gasteiger partial charge in [-0.3, -0.25) is 0 Å². The number of hydrogen-bond donors (Lipinski definition) is 1. The Morgan fingerprint density at radius 2 is 1.62 bits per heavy atom. The second kappa shape index (κ2) is 10.7. The number of nitrogens with two attached hydrogens (primary N) is 1. The molecule has 120 valence electrons. The maximum atomic E-state index is 6.34. The highest BCUT2D eigenvalue weighted by molar-refractivity contribution is 5.38. The Morgan fingerprint density at radius 1 is 1.00 bits per heavy atom. The lowest BCUT2D eigenvalue weighted by atomic mass is 9.98. The van der Waals surface area contributed by atoms with E-state index in [1.54, 1.807) is 7.11 Å². The standard InChI is InChI=1S/C19H33NO/c1-4-5-6-7-8-9-10-11-12-18(20)17-15-16(2)13-14-19(17)21-3/h13-15,18H,4-12,20H2,1-3H3. The van der Waals surface area contributed by atoms with Crippen LogP contribution < -0.4 is 10.5 Å². The first-order valence-electron chi connectivity index (χ1n) is 8.59. The molecule has 0 aromatic heterocycles. The topological polar surface area (TPSA) is 35.2 Å². The molecule has 2 nitrogen and oxygen atoms in total. The monoisotopic (exact) mass is 291 g/mol. The van der Waals surface area contributed by atoms with E-state index in [1.807, 2.05) is 6.07 Å². The van der Waals surface area contributed by atoms with Gasteiger partial charge in [0.1, 0.15) is 5.75 Å². The van der Waals surface area contributed by atoms with Crippen molar-refractivity contribution < 1.29 is 4.74 Å². The molecule has 0 aliphatic heterocycles. The average molecular weight is 291 g/mol. The predicted molar refractivity (Wildman–Crippen MR) is 91.9 cm³/mol. The van der Waals surface area contributed by atoms with Crippen LogP contribution in [-0.4, -0.2) is 7.11 Å². The van der Waals surface area contributed by atoms with Gasteiger partial charge in [-0.25, -0.2) is 0 Å². The Hall–Kier alpha value is -1.02. The molecule has 0 fully saturated rings. The summed E-state index contributed by atoms with van der Waals surface area (Å²) in [5.74, 6) is 0.924. The van der Waals surface area contributed by atoms with Crippen LogP contribution in [0.4, 0.5) is 0 Å². The fraction of sp³-hybridized carbons (Fsp3) is 0.684. The first kappa shape index (κ1) is 18.0. The third-order valence-corrected chi connectivity index (χ3v) is 4.15.